The number of benzene rings is 2. The highest BCUT2D eigenvalue weighted by Gasteiger charge is 2.18. The van der Waals surface area contributed by atoms with Crippen molar-refractivity contribution in [1.82, 2.24) is 5.32 Å². The Hall–Kier alpha value is -2.46. The number of carbonyl (C=O) groups is 1. The maximum Gasteiger partial charge on any atom is 0.225 e. The van der Waals surface area contributed by atoms with Crippen LogP contribution in [0.3, 0.4) is 0 Å². The third kappa shape index (κ3) is 3.85. The van der Waals surface area contributed by atoms with Crippen LogP contribution in [0.4, 0.5) is 4.39 Å². The van der Waals surface area contributed by atoms with Gasteiger partial charge in [0.25, 0.3) is 0 Å². The average Bonchev–Trinajstić information content (AvgIpc) is 3.10. The fourth-order valence-electron chi connectivity index (χ4n) is 2.45. The van der Waals surface area contributed by atoms with Gasteiger partial charge in [0, 0.05) is 4.88 Å². The molecule has 2 aromatic carbocycles. The lowest BCUT2D eigenvalue weighted by molar-refractivity contribution is -0.121. The van der Waals surface area contributed by atoms with Gasteiger partial charge in [-0.3, -0.25) is 4.79 Å². The number of rotatable bonds is 5. The van der Waals surface area contributed by atoms with Crippen molar-refractivity contribution in [3.05, 3.63) is 93.9 Å². The monoisotopic (exact) mass is 325 g/mol. The third-order valence-corrected chi connectivity index (χ3v) is 4.51. The Bertz CT molecular complexity index is 771. The quantitative estimate of drug-likeness (QED) is 0.743. The van der Waals surface area contributed by atoms with Crippen molar-refractivity contribution in [2.45, 2.75) is 12.5 Å². The van der Waals surface area contributed by atoms with Gasteiger partial charge in [-0.2, -0.15) is 0 Å². The molecule has 1 aromatic heterocycles. The lowest BCUT2D eigenvalue weighted by Crippen LogP contribution is -2.30. The summed E-state index contributed by atoms with van der Waals surface area (Å²) in [5.41, 5.74) is 1.42. The van der Waals surface area contributed by atoms with Crippen molar-refractivity contribution >= 4 is 17.2 Å². The number of carbonyl (C=O) groups excluding carboxylic acids is 1. The maximum atomic E-state index is 13.7. The summed E-state index contributed by atoms with van der Waals surface area (Å²) < 4.78 is 13.7. The van der Waals surface area contributed by atoms with Crippen molar-refractivity contribution in [1.29, 1.82) is 0 Å². The van der Waals surface area contributed by atoms with E-state index in [-0.39, 0.29) is 24.2 Å². The van der Waals surface area contributed by atoms with Crippen LogP contribution >= 0.6 is 11.3 Å². The molecule has 0 bridgehead atoms. The zero-order chi connectivity index (χ0) is 16.1. The number of amides is 1. The molecule has 1 N–H and O–H groups in total. The van der Waals surface area contributed by atoms with Crippen molar-refractivity contribution in [2.24, 2.45) is 0 Å². The van der Waals surface area contributed by atoms with Crippen molar-refractivity contribution in [2.75, 3.05) is 0 Å². The molecule has 0 aliphatic heterocycles. The van der Waals surface area contributed by atoms with E-state index in [1.54, 1.807) is 29.5 Å². The molecule has 0 spiro atoms. The minimum atomic E-state index is -0.352. The van der Waals surface area contributed by atoms with Gasteiger partial charge in [-0.25, -0.2) is 4.39 Å². The zero-order valence-corrected chi connectivity index (χ0v) is 13.2. The van der Waals surface area contributed by atoms with E-state index in [2.05, 4.69) is 5.32 Å². The fourth-order valence-corrected chi connectivity index (χ4v) is 3.25. The summed E-state index contributed by atoms with van der Waals surface area (Å²) >= 11 is 1.59. The molecule has 1 amide bonds. The second-order valence-corrected chi connectivity index (χ2v) is 6.17. The van der Waals surface area contributed by atoms with Crippen molar-refractivity contribution < 1.29 is 9.18 Å². The molecule has 3 aromatic rings. The number of nitrogens with one attached hydrogen (secondary N) is 1. The number of hydrogen-bond donors (Lipinski definition) is 1. The van der Waals surface area contributed by atoms with Gasteiger partial charge in [0.2, 0.25) is 5.91 Å². The van der Waals surface area contributed by atoms with Crippen LogP contribution in [0, 0.1) is 5.82 Å². The summed E-state index contributed by atoms with van der Waals surface area (Å²) in [4.78, 5) is 13.4. The van der Waals surface area contributed by atoms with Gasteiger partial charge in [-0.1, -0.05) is 54.6 Å². The molecule has 3 rings (SSSR count). The van der Waals surface area contributed by atoms with E-state index in [9.17, 15) is 9.18 Å². The Kier molecular flexibility index (Phi) is 4.83. The second-order valence-electron chi connectivity index (χ2n) is 5.19. The molecule has 116 valence electrons. The first-order valence-electron chi connectivity index (χ1n) is 7.35. The highest BCUT2D eigenvalue weighted by Crippen LogP contribution is 2.26. The molecular formula is C19H16FNOS. The summed E-state index contributed by atoms with van der Waals surface area (Å²) in [6.45, 7) is 0. The molecule has 4 heteroatoms. The third-order valence-electron chi connectivity index (χ3n) is 3.57. The number of thiophene rings is 1. The molecule has 0 unspecified atom stereocenters. The van der Waals surface area contributed by atoms with E-state index in [0.29, 0.717) is 5.56 Å². The summed E-state index contributed by atoms with van der Waals surface area (Å²) in [7, 11) is 0. The topological polar surface area (TPSA) is 29.1 Å². The van der Waals surface area contributed by atoms with Gasteiger partial charge in [0.05, 0.1) is 12.5 Å². The molecule has 0 saturated carbocycles. The predicted molar refractivity (Wildman–Crippen MR) is 90.9 cm³/mol. The Morgan fingerprint density at radius 1 is 1.00 bits per heavy atom. The molecule has 0 aliphatic carbocycles. The highest BCUT2D eigenvalue weighted by molar-refractivity contribution is 7.10. The first-order valence-corrected chi connectivity index (χ1v) is 8.23. The van der Waals surface area contributed by atoms with Crippen LogP contribution in [-0.4, -0.2) is 5.91 Å². The van der Waals surface area contributed by atoms with E-state index < -0.39 is 0 Å². The van der Waals surface area contributed by atoms with Gasteiger partial charge in [-0.05, 0) is 28.6 Å². The van der Waals surface area contributed by atoms with Gasteiger partial charge in [0.15, 0.2) is 0 Å². The Morgan fingerprint density at radius 3 is 2.43 bits per heavy atom. The molecule has 0 fully saturated rings. The Labute approximate surface area is 138 Å². The van der Waals surface area contributed by atoms with Crippen molar-refractivity contribution in [3.8, 4) is 0 Å². The SMILES string of the molecule is O=C(Cc1ccccc1F)N[C@H](c1ccccc1)c1cccs1. The van der Waals surface area contributed by atoms with Gasteiger partial charge in [0.1, 0.15) is 5.82 Å². The standard InChI is InChI=1S/C19H16FNOS/c20-16-10-5-4-9-15(16)13-18(22)21-19(17-11-6-12-23-17)14-7-2-1-3-8-14/h1-12,19H,13H2,(H,21,22)/t19-/m1/s1. The molecular weight excluding hydrogens is 309 g/mol. The summed E-state index contributed by atoms with van der Waals surface area (Å²) in [5, 5.41) is 5.00. The van der Waals surface area contributed by atoms with E-state index in [0.717, 1.165) is 10.4 Å². The molecule has 1 heterocycles. The maximum absolute atomic E-state index is 13.7. The van der Waals surface area contributed by atoms with Crippen LogP contribution in [0.1, 0.15) is 22.0 Å². The summed E-state index contributed by atoms with van der Waals surface area (Å²) in [5.74, 6) is -0.549. The van der Waals surface area contributed by atoms with Gasteiger partial charge in [-0.15, -0.1) is 11.3 Å². The molecule has 0 radical (unpaired) electrons. The molecule has 23 heavy (non-hydrogen) atoms. The van der Waals surface area contributed by atoms with Crippen LogP contribution in [0.15, 0.2) is 72.1 Å². The second kappa shape index (κ2) is 7.20. The predicted octanol–water partition coefficient (Wildman–Crippen LogP) is 4.34. The smallest absolute Gasteiger partial charge is 0.225 e. The summed E-state index contributed by atoms with van der Waals surface area (Å²) in [6, 6.07) is 19.9. The minimum absolute atomic E-state index is 0.0291. The summed E-state index contributed by atoms with van der Waals surface area (Å²) in [6.07, 6.45) is 0.0291. The largest absolute Gasteiger partial charge is 0.344 e. The molecule has 1 atom stereocenters. The van der Waals surface area contributed by atoms with Crippen LogP contribution in [-0.2, 0) is 11.2 Å². The first-order chi connectivity index (χ1) is 11.2. The molecule has 2 nitrogen and oxygen atoms in total. The normalized spacial score (nSPS) is 11.9. The Balaban J connectivity index is 1.79. The fraction of sp³-hybridized carbons (Fsp3) is 0.105. The Morgan fingerprint density at radius 2 is 1.74 bits per heavy atom. The van der Waals surface area contributed by atoms with Gasteiger partial charge < -0.3 is 5.32 Å². The van der Waals surface area contributed by atoms with Crippen LogP contribution < -0.4 is 5.32 Å². The van der Waals surface area contributed by atoms with E-state index in [4.69, 9.17) is 0 Å². The van der Waals surface area contributed by atoms with Crippen molar-refractivity contribution in [3.63, 3.8) is 0 Å². The first kappa shape index (κ1) is 15.4. The van der Waals surface area contributed by atoms with E-state index in [1.807, 2.05) is 47.8 Å². The lowest BCUT2D eigenvalue weighted by atomic mass is 10.0. The number of halogens is 1. The van der Waals surface area contributed by atoms with E-state index in [1.165, 1.54) is 6.07 Å². The zero-order valence-electron chi connectivity index (χ0n) is 12.4. The van der Waals surface area contributed by atoms with Crippen LogP contribution in [0.2, 0.25) is 0 Å². The average molecular weight is 325 g/mol. The molecule has 0 saturated heterocycles. The van der Waals surface area contributed by atoms with Crippen LogP contribution in [0.25, 0.3) is 0 Å². The molecule has 0 aliphatic rings. The lowest BCUT2D eigenvalue weighted by Gasteiger charge is -2.18. The number of hydrogen-bond acceptors (Lipinski definition) is 2. The minimum Gasteiger partial charge on any atom is -0.344 e. The van der Waals surface area contributed by atoms with Crippen LogP contribution in [0.5, 0.6) is 0 Å². The van der Waals surface area contributed by atoms with Gasteiger partial charge >= 0.3 is 0 Å². The highest BCUT2D eigenvalue weighted by atomic mass is 32.1. The van der Waals surface area contributed by atoms with E-state index >= 15 is 0 Å².